The zero-order valence-corrected chi connectivity index (χ0v) is 15.4. The van der Waals surface area contributed by atoms with Crippen LogP contribution in [0.4, 0.5) is 11.9 Å². The fraction of sp³-hybridized carbons (Fsp3) is 0.250. The Hall–Kier alpha value is -3.19. The Morgan fingerprint density at radius 3 is 2.70 bits per heavy atom. The van der Waals surface area contributed by atoms with Crippen LogP contribution >= 0.6 is 0 Å². The third-order valence-electron chi connectivity index (χ3n) is 4.00. The summed E-state index contributed by atoms with van der Waals surface area (Å²) in [5, 5.41) is 8.79. The molecule has 0 fully saturated rings. The van der Waals surface area contributed by atoms with E-state index in [0.29, 0.717) is 31.6 Å². The van der Waals surface area contributed by atoms with Gasteiger partial charge in [0.1, 0.15) is 6.61 Å². The number of hydrogen-bond donors (Lipinski definition) is 3. The number of ether oxygens (including phenoxy) is 1. The number of nitrogens with two attached hydrogens (primary N) is 1. The molecule has 0 spiro atoms. The SMILES string of the molecule is C=CCNc1nc(N[C@@H](C)c2cccc3ccccc23)nc(OCCN)n1. The van der Waals surface area contributed by atoms with Gasteiger partial charge in [0.25, 0.3) is 0 Å². The Morgan fingerprint density at radius 2 is 1.89 bits per heavy atom. The lowest BCUT2D eigenvalue weighted by atomic mass is 10.00. The molecule has 4 N–H and O–H groups in total. The molecule has 0 aliphatic rings. The van der Waals surface area contributed by atoms with E-state index in [-0.39, 0.29) is 12.1 Å². The Bertz CT molecular complexity index is 909. The van der Waals surface area contributed by atoms with Crippen molar-refractivity contribution in [2.45, 2.75) is 13.0 Å². The first-order chi connectivity index (χ1) is 13.2. The third kappa shape index (κ3) is 4.71. The van der Waals surface area contributed by atoms with Crippen molar-refractivity contribution in [1.82, 2.24) is 15.0 Å². The molecule has 0 aliphatic heterocycles. The predicted molar refractivity (Wildman–Crippen MR) is 109 cm³/mol. The minimum absolute atomic E-state index is 0.00638. The lowest BCUT2D eigenvalue weighted by Gasteiger charge is -2.17. The summed E-state index contributed by atoms with van der Waals surface area (Å²) < 4.78 is 5.48. The fourth-order valence-corrected chi connectivity index (χ4v) is 2.78. The van der Waals surface area contributed by atoms with Crippen LogP contribution in [-0.2, 0) is 0 Å². The van der Waals surface area contributed by atoms with Crippen molar-refractivity contribution in [3.8, 4) is 6.01 Å². The smallest absolute Gasteiger partial charge is 0.323 e. The van der Waals surface area contributed by atoms with Gasteiger partial charge in [-0.15, -0.1) is 6.58 Å². The molecule has 2 aromatic carbocycles. The van der Waals surface area contributed by atoms with Gasteiger partial charge < -0.3 is 21.1 Å². The van der Waals surface area contributed by atoms with Crippen LogP contribution in [0.3, 0.4) is 0 Å². The van der Waals surface area contributed by atoms with E-state index in [2.05, 4.69) is 69.4 Å². The lowest BCUT2D eigenvalue weighted by molar-refractivity contribution is 0.302. The minimum Gasteiger partial charge on any atom is -0.462 e. The molecule has 0 aliphatic carbocycles. The second kappa shape index (κ2) is 8.95. The Morgan fingerprint density at radius 1 is 1.11 bits per heavy atom. The summed E-state index contributed by atoms with van der Waals surface area (Å²) in [4.78, 5) is 13.0. The molecule has 0 bridgehead atoms. The predicted octanol–water partition coefficient (Wildman–Crippen LogP) is 3.13. The Labute approximate surface area is 158 Å². The van der Waals surface area contributed by atoms with Crippen LogP contribution in [0.2, 0.25) is 0 Å². The van der Waals surface area contributed by atoms with Crippen molar-refractivity contribution >= 4 is 22.7 Å². The summed E-state index contributed by atoms with van der Waals surface area (Å²) in [5.74, 6) is 0.855. The van der Waals surface area contributed by atoms with E-state index in [9.17, 15) is 0 Å². The van der Waals surface area contributed by atoms with Crippen LogP contribution in [0.1, 0.15) is 18.5 Å². The van der Waals surface area contributed by atoms with Crippen LogP contribution < -0.4 is 21.1 Å². The van der Waals surface area contributed by atoms with Crippen molar-refractivity contribution in [2.75, 3.05) is 30.3 Å². The molecule has 7 nitrogen and oxygen atoms in total. The quantitative estimate of drug-likeness (QED) is 0.502. The molecule has 1 aromatic heterocycles. The van der Waals surface area contributed by atoms with E-state index in [0.717, 1.165) is 0 Å². The van der Waals surface area contributed by atoms with Crippen LogP contribution in [0, 0.1) is 0 Å². The summed E-state index contributed by atoms with van der Waals surface area (Å²) in [6, 6.07) is 14.8. The molecule has 3 rings (SSSR count). The molecule has 0 saturated heterocycles. The van der Waals surface area contributed by atoms with Gasteiger partial charge in [-0.3, -0.25) is 0 Å². The summed E-state index contributed by atoms with van der Waals surface area (Å²) in [6.45, 7) is 7.02. The van der Waals surface area contributed by atoms with Gasteiger partial charge in [-0.2, -0.15) is 15.0 Å². The highest BCUT2D eigenvalue weighted by atomic mass is 16.5. The monoisotopic (exact) mass is 364 g/mol. The number of nitrogens with zero attached hydrogens (tertiary/aromatic N) is 3. The zero-order chi connectivity index (χ0) is 19.1. The van der Waals surface area contributed by atoms with Crippen molar-refractivity contribution in [3.63, 3.8) is 0 Å². The number of anilines is 2. The first-order valence-electron chi connectivity index (χ1n) is 8.89. The molecule has 0 unspecified atom stereocenters. The maximum absolute atomic E-state index is 5.50. The van der Waals surface area contributed by atoms with Crippen molar-refractivity contribution in [3.05, 3.63) is 60.7 Å². The van der Waals surface area contributed by atoms with E-state index in [1.165, 1.54) is 16.3 Å². The lowest BCUT2D eigenvalue weighted by Crippen LogP contribution is -2.16. The Balaban J connectivity index is 1.87. The molecule has 3 aromatic rings. The molecule has 140 valence electrons. The van der Waals surface area contributed by atoms with Crippen LogP contribution in [0.15, 0.2) is 55.1 Å². The average Bonchev–Trinajstić information content (AvgIpc) is 2.70. The van der Waals surface area contributed by atoms with Gasteiger partial charge in [0.05, 0.1) is 6.04 Å². The zero-order valence-electron chi connectivity index (χ0n) is 15.4. The molecule has 0 amide bonds. The fourth-order valence-electron chi connectivity index (χ4n) is 2.78. The number of nitrogens with one attached hydrogen (secondary N) is 2. The van der Waals surface area contributed by atoms with Gasteiger partial charge in [-0.1, -0.05) is 48.5 Å². The van der Waals surface area contributed by atoms with E-state index in [1.54, 1.807) is 6.08 Å². The average molecular weight is 364 g/mol. The maximum Gasteiger partial charge on any atom is 0.323 e. The summed E-state index contributed by atoms with van der Waals surface area (Å²) >= 11 is 0. The number of rotatable bonds is 9. The Kier molecular flexibility index (Phi) is 6.17. The van der Waals surface area contributed by atoms with Crippen LogP contribution in [0.5, 0.6) is 6.01 Å². The van der Waals surface area contributed by atoms with E-state index in [4.69, 9.17) is 10.5 Å². The van der Waals surface area contributed by atoms with Gasteiger partial charge in [0, 0.05) is 13.1 Å². The number of aromatic nitrogens is 3. The molecule has 27 heavy (non-hydrogen) atoms. The van der Waals surface area contributed by atoms with Gasteiger partial charge in [0.2, 0.25) is 11.9 Å². The van der Waals surface area contributed by atoms with Gasteiger partial charge in [0.15, 0.2) is 0 Å². The van der Waals surface area contributed by atoms with Gasteiger partial charge >= 0.3 is 6.01 Å². The van der Waals surface area contributed by atoms with E-state index in [1.807, 2.05) is 12.1 Å². The number of benzene rings is 2. The molecule has 1 atom stereocenters. The second-order valence-corrected chi connectivity index (χ2v) is 6.01. The van der Waals surface area contributed by atoms with E-state index >= 15 is 0 Å². The van der Waals surface area contributed by atoms with Crippen molar-refractivity contribution in [1.29, 1.82) is 0 Å². The van der Waals surface area contributed by atoms with Crippen LogP contribution in [-0.4, -0.2) is 34.6 Å². The molecule has 1 heterocycles. The highest BCUT2D eigenvalue weighted by Gasteiger charge is 2.13. The van der Waals surface area contributed by atoms with Crippen LogP contribution in [0.25, 0.3) is 10.8 Å². The summed E-state index contributed by atoms with van der Waals surface area (Å²) in [7, 11) is 0. The molecular weight excluding hydrogens is 340 g/mol. The molecule has 0 radical (unpaired) electrons. The first kappa shape index (κ1) is 18.6. The molecular formula is C20H24N6O. The van der Waals surface area contributed by atoms with Crippen molar-refractivity contribution in [2.24, 2.45) is 5.73 Å². The normalized spacial score (nSPS) is 11.8. The molecule has 0 saturated carbocycles. The minimum atomic E-state index is -0.00638. The largest absolute Gasteiger partial charge is 0.462 e. The molecule has 7 heteroatoms. The van der Waals surface area contributed by atoms with Crippen molar-refractivity contribution < 1.29 is 4.74 Å². The highest BCUT2D eigenvalue weighted by molar-refractivity contribution is 5.86. The first-order valence-corrected chi connectivity index (χ1v) is 8.89. The summed E-state index contributed by atoms with van der Waals surface area (Å²) in [5.41, 5.74) is 6.67. The number of hydrogen-bond acceptors (Lipinski definition) is 7. The summed E-state index contributed by atoms with van der Waals surface area (Å²) in [6.07, 6.45) is 1.73. The van der Waals surface area contributed by atoms with Gasteiger partial charge in [-0.05, 0) is 23.3 Å². The topological polar surface area (TPSA) is 98.0 Å². The highest BCUT2D eigenvalue weighted by Crippen LogP contribution is 2.26. The van der Waals surface area contributed by atoms with Gasteiger partial charge in [-0.25, -0.2) is 0 Å². The number of fused-ring (bicyclic) bond motifs is 1. The standard InChI is InChI=1S/C20H24N6O/c1-3-12-22-18-24-19(26-20(25-18)27-13-11-21)23-14(2)16-10-6-8-15-7-4-5-9-17(15)16/h3-10,14H,1,11-13,21H2,2H3,(H2,22,23,24,25,26)/t14-/m0/s1. The second-order valence-electron chi connectivity index (χ2n) is 6.01. The third-order valence-corrected chi connectivity index (χ3v) is 4.00. The van der Waals surface area contributed by atoms with E-state index < -0.39 is 0 Å². The maximum atomic E-state index is 5.50.